The van der Waals surface area contributed by atoms with E-state index in [1.807, 2.05) is 6.92 Å². The Morgan fingerprint density at radius 3 is 2.58 bits per heavy atom. The van der Waals surface area contributed by atoms with E-state index in [4.69, 9.17) is 5.11 Å². The minimum absolute atomic E-state index is 0.170. The zero-order valence-electron chi connectivity index (χ0n) is 10.7. The number of rotatable bonds is 4. The highest BCUT2D eigenvalue weighted by Crippen LogP contribution is 2.23. The summed E-state index contributed by atoms with van der Waals surface area (Å²) in [7, 11) is -3.54. The Balaban J connectivity index is 2.11. The number of piperidine rings is 1. The van der Waals surface area contributed by atoms with Crippen LogP contribution in [0, 0.1) is 5.92 Å². The second-order valence-corrected chi connectivity index (χ2v) is 6.49. The van der Waals surface area contributed by atoms with E-state index >= 15 is 0 Å². The van der Waals surface area contributed by atoms with E-state index in [1.165, 1.54) is 16.7 Å². The standard InChI is InChI=1S/C11H17N3O4S/c1-2-13-8-10(7-12-13)19(17,18)14-5-3-9(4-6-14)11(15)16/h7-9H,2-6H2,1H3,(H,15,16). The molecule has 1 aliphatic heterocycles. The van der Waals surface area contributed by atoms with Gasteiger partial charge in [-0.1, -0.05) is 0 Å². The SMILES string of the molecule is CCn1cc(S(=O)(=O)N2CCC(C(=O)O)CC2)cn1. The molecular formula is C11H17N3O4S. The Morgan fingerprint density at radius 2 is 2.11 bits per heavy atom. The van der Waals surface area contributed by atoms with Gasteiger partial charge in [0.25, 0.3) is 0 Å². The molecule has 1 aromatic rings. The average molecular weight is 287 g/mol. The molecule has 0 saturated carbocycles. The van der Waals surface area contributed by atoms with Gasteiger partial charge < -0.3 is 5.11 Å². The molecule has 8 heteroatoms. The van der Waals surface area contributed by atoms with Crippen LogP contribution in [0.15, 0.2) is 17.3 Å². The van der Waals surface area contributed by atoms with Crippen LogP contribution in [-0.2, 0) is 21.4 Å². The zero-order valence-corrected chi connectivity index (χ0v) is 11.5. The van der Waals surface area contributed by atoms with Gasteiger partial charge in [-0.25, -0.2) is 8.42 Å². The number of sulfonamides is 1. The normalized spacial score (nSPS) is 18.6. The molecule has 1 N–H and O–H groups in total. The van der Waals surface area contributed by atoms with Gasteiger partial charge in [0.2, 0.25) is 10.0 Å². The van der Waals surface area contributed by atoms with E-state index in [0.29, 0.717) is 19.4 Å². The maximum absolute atomic E-state index is 12.3. The molecule has 2 rings (SSSR count). The molecule has 1 aliphatic rings. The predicted molar refractivity (Wildman–Crippen MR) is 67.0 cm³/mol. The van der Waals surface area contributed by atoms with Crippen molar-refractivity contribution in [3.8, 4) is 0 Å². The van der Waals surface area contributed by atoms with E-state index in [9.17, 15) is 13.2 Å². The van der Waals surface area contributed by atoms with Crippen LogP contribution >= 0.6 is 0 Å². The van der Waals surface area contributed by atoms with Crippen molar-refractivity contribution in [3.63, 3.8) is 0 Å². The fourth-order valence-electron chi connectivity index (χ4n) is 2.14. The van der Waals surface area contributed by atoms with Crippen molar-refractivity contribution >= 4 is 16.0 Å². The van der Waals surface area contributed by atoms with Gasteiger partial charge in [0.15, 0.2) is 0 Å². The molecule has 7 nitrogen and oxygen atoms in total. The minimum atomic E-state index is -3.54. The van der Waals surface area contributed by atoms with Crippen LogP contribution in [0.2, 0.25) is 0 Å². The Morgan fingerprint density at radius 1 is 1.47 bits per heavy atom. The highest BCUT2D eigenvalue weighted by molar-refractivity contribution is 7.89. The van der Waals surface area contributed by atoms with E-state index < -0.39 is 21.9 Å². The molecule has 1 saturated heterocycles. The van der Waals surface area contributed by atoms with Crippen molar-refractivity contribution in [1.82, 2.24) is 14.1 Å². The van der Waals surface area contributed by atoms with Crippen molar-refractivity contribution in [2.45, 2.75) is 31.2 Å². The third kappa shape index (κ3) is 2.79. The summed E-state index contributed by atoms with van der Waals surface area (Å²) in [4.78, 5) is 11.0. The molecule has 0 atom stereocenters. The topological polar surface area (TPSA) is 92.5 Å². The minimum Gasteiger partial charge on any atom is -0.481 e. The first-order valence-electron chi connectivity index (χ1n) is 6.20. The fraction of sp³-hybridized carbons (Fsp3) is 0.636. The quantitative estimate of drug-likeness (QED) is 0.864. The van der Waals surface area contributed by atoms with Gasteiger partial charge in [-0.2, -0.15) is 9.40 Å². The number of aromatic nitrogens is 2. The van der Waals surface area contributed by atoms with Crippen LogP contribution in [0.25, 0.3) is 0 Å². The Labute approximate surface area is 111 Å². The van der Waals surface area contributed by atoms with Gasteiger partial charge in [0.1, 0.15) is 4.90 Å². The summed E-state index contributed by atoms with van der Waals surface area (Å²) in [6, 6.07) is 0. The largest absolute Gasteiger partial charge is 0.481 e. The first-order valence-corrected chi connectivity index (χ1v) is 7.64. The first-order chi connectivity index (χ1) is 8.95. The molecule has 19 heavy (non-hydrogen) atoms. The molecule has 0 spiro atoms. The van der Waals surface area contributed by atoms with Crippen LogP contribution in [0.5, 0.6) is 0 Å². The van der Waals surface area contributed by atoms with Crippen molar-refractivity contribution < 1.29 is 18.3 Å². The van der Waals surface area contributed by atoms with Gasteiger partial charge in [-0.05, 0) is 19.8 Å². The summed E-state index contributed by atoms with van der Waals surface area (Å²) in [5.41, 5.74) is 0. The molecule has 106 valence electrons. The number of carbonyl (C=O) groups is 1. The molecule has 0 radical (unpaired) electrons. The lowest BCUT2D eigenvalue weighted by atomic mass is 9.99. The average Bonchev–Trinajstić information content (AvgIpc) is 2.88. The summed E-state index contributed by atoms with van der Waals surface area (Å²) in [5.74, 6) is -1.29. The molecule has 2 heterocycles. The van der Waals surface area contributed by atoms with E-state index in [1.54, 1.807) is 4.68 Å². The maximum Gasteiger partial charge on any atom is 0.306 e. The Bertz CT molecular complexity index is 558. The van der Waals surface area contributed by atoms with Gasteiger partial charge in [-0.15, -0.1) is 0 Å². The summed E-state index contributed by atoms with van der Waals surface area (Å²) in [6.45, 7) is 2.98. The highest BCUT2D eigenvalue weighted by Gasteiger charge is 2.32. The van der Waals surface area contributed by atoms with Gasteiger partial charge >= 0.3 is 5.97 Å². The number of carboxylic acids is 1. The molecule has 1 aromatic heterocycles. The van der Waals surface area contributed by atoms with E-state index in [-0.39, 0.29) is 18.0 Å². The van der Waals surface area contributed by atoms with Crippen LogP contribution in [-0.4, -0.2) is 46.7 Å². The lowest BCUT2D eigenvalue weighted by molar-refractivity contribution is -0.142. The molecule has 0 bridgehead atoms. The first kappa shape index (κ1) is 14.0. The number of aryl methyl sites for hydroxylation is 1. The van der Waals surface area contributed by atoms with E-state index in [2.05, 4.69) is 5.10 Å². The van der Waals surface area contributed by atoms with Gasteiger partial charge in [0.05, 0.1) is 12.1 Å². The molecule has 0 amide bonds. The summed E-state index contributed by atoms with van der Waals surface area (Å²) in [5, 5.41) is 12.9. The van der Waals surface area contributed by atoms with Crippen molar-refractivity contribution in [1.29, 1.82) is 0 Å². The monoisotopic (exact) mass is 287 g/mol. The maximum atomic E-state index is 12.3. The van der Waals surface area contributed by atoms with Crippen LogP contribution in [0.4, 0.5) is 0 Å². The lowest BCUT2D eigenvalue weighted by Gasteiger charge is -2.28. The Kier molecular flexibility index (Phi) is 3.91. The Hall–Kier alpha value is -1.41. The third-order valence-electron chi connectivity index (χ3n) is 3.37. The molecule has 1 fully saturated rings. The molecular weight excluding hydrogens is 270 g/mol. The highest BCUT2D eigenvalue weighted by atomic mass is 32.2. The molecule has 0 aliphatic carbocycles. The van der Waals surface area contributed by atoms with Crippen LogP contribution in [0.3, 0.4) is 0 Å². The fourth-order valence-corrected chi connectivity index (χ4v) is 3.57. The number of carboxylic acid groups (broad SMARTS) is 1. The number of hydrogen-bond donors (Lipinski definition) is 1. The third-order valence-corrected chi connectivity index (χ3v) is 5.23. The number of aliphatic carboxylic acids is 1. The summed E-state index contributed by atoms with van der Waals surface area (Å²) < 4.78 is 27.5. The van der Waals surface area contributed by atoms with Crippen LogP contribution < -0.4 is 0 Å². The summed E-state index contributed by atoms with van der Waals surface area (Å²) in [6.07, 6.45) is 3.55. The van der Waals surface area contributed by atoms with Crippen LogP contribution in [0.1, 0.15) is 19.8 Å². The molecule has 0 aromatic carbocycles. The summed E-state index contributed by atoms with van der Waals surface area (Å²) >= 11 is 0. The van der Waals surface area contributed by atoms with Crippen molar-refractivity contribution in [2.75, 3.05) is 13.1 Å². The van der Waals surface area contributed by atoms with Gasteiger partial charge in [0, 0.05) is 25.8 Å². The lowest BCUT2D eigenvalue weighted by Crippen LogP contribution is -2.40. The smallest absolute Gasteiger partial charge is 0.306 e. The number of hydrogen-bond acceptors (Lipinski definition) is 4. The predicted octanol–water partition coefficient (Wildman–Crippen LogP) is 0.388. The number of nitrogens with zero attached hydrogens (tertiary/aromatic N) is 3. The van der Waals surface area contributed by atoms with Crippen molar-refractivity contribution in [3.05, 3.63) is 12.4 Å². The zero-order chi connectivity index (χ0) is 14.0. The second kappa shape index (κ2) is 5.30. The molecule has 0 unspecified atom stereocenters. The van der Waals surface area contributed by atoms with Gasteiger partial charge in [-0.3, -0.25) is 9.48 Å². The second-order valence-electron chi connectivity index (χ2n) is 4.55. The van der Waals surface area contributed by atoms with Crippen molar-refractivity contribution in [2.24, 2.45) is 5.92 Å². The van der Waals surface area contributed by atoms with E-state index in [0.717, 1.165) is 0 Å².